The highest BCUT2D eigenvalue weighted by Crippen LogP contribution is 2.26. The third-order valence-corrected chi connectivity index (χ3v) is 3.75. The van der Waals surface area contributed by atoms with Gasteiger partial charge >= 0.3 is 0 Å². The largest absolute Gasteiger partial charge is 0.399 e. The Labute approximate surface area is 125 Å². The van der Waals surface area contributed by atoms with Crippen molar-refractivity contribution in [2.24, 2.45) is 5.92 Å². The summed E-state index contributed by atoms with van der Waals surface area (Å²) in [5.41, 5.74) is 9.93. The lowest BCUT2D eigenvalue weighted by atomic mass is 10.1. The number of imidazole rings is 1. The van der Waals surface area contributed by atoms with Gasteiger partial charge in [0.1, 0.15) is 5.82 Å². The van der Waals surface area contributed by atoms with Gasteiger partial charge in [-0.2, -0.15) is 0 Å². The quantitative estimate of drug-likeness (QED) is 0.722. The van der Waals surface area contributed by atoms with Crippen LogP contribution in [0.1, 0.15) is 20.3 Å². The first kappa shape index (κ1) is 13.7. The monoisotopic (exact) mass is 279 g/mol. The van der Waals surface area contributed by atoms with Crippen LogP contribution in [0.3, 0.4) is 0 Å². The van der Waals surface area contributed by atoms with Crippen LogP contribution in [0.25, 0.3) is 22.4 Å². The Kier molecular flexibility index (Phi) is 3.65. The van der Waals surface area contributed by atoms with Crippen LogP contribution in [0, 0.1) is 5.92 Å². The number of fused-ring (bicyclic) bond motifs is 1. The summed E-state index contributed by atoms with van der Waals surface area (Å²) >= 11 is 0. The number of hydrogen-bond acceptors (Lipinski definition) is 2. The standard InChI is InChI=1S/C18H21N3/c1-13(2)11-12-21-17-6-4-3-5-16(17)20-18(21)14-7-9-15(19)10-8-14/h3-10,13H,11-12,19H2,1-2H3. The predicted octanol–water partition coefficient (Wildman–Crippen LogP) is 4.33. The van der Waals surface area contributed by atoms with Crippen molar-refractivity contribution in [2.75, 3.05) is 5.73 Å². The molecule has 0 saturated carbocycles. The first-order valence-electron chi connectivity index (χ1n) is 7.46. The van der Waals surface area contributed by atoms with E-state index in [1.54, 1.807) is 0 Å². The summed E-state index contributed by atoms with van der Waals surface area (Å²) in [5, 5.41) is 0. The number of rotatable bonds is 4. The van der Waals surface area contributed by atoms with Crippen LogP contribution in [0.5, 0.6) is 0 Å². The summed E-state index contributed by atoms with van der Waals surface area (Å²) in [4.78, 5) is 4.81. The van der Waals surface area contributed by atoms with Crippen molar-refractivity contribution < 1.29 is 0 Å². The molecule has 0 aliphatic carbocycles. The summed E-state index contributed by atoms with van der Waals surface area (Å²) in [6.45, 7) is 5.49. The molecule has 3 rings (SSSR count). The fourth-order valence-electron chi connectivity index (χ4n) is 2.54. The molecule has 21 heavy (non-hydrogen) atoms. The minimum atomic E-state index is 0.672. The van der Waals surface area contributed by atoms with Crippen molar-refractivity contribution in [1.29, 1.82) is 0 Å². The molecule has 0 radical (unpaired) electrons. The third kappa shape index (κ3) is 2.77. The molecule has 1 aromatic heterocycles. The zero-order chi connectivity index (χ0) is 14.8. The zero-order valence-corrected chi connectivity index (χ0v) is 12.6. The molecule has 1 heterocycles. The smallest absolute Gasteiger partial charge is 0.141 e. The van der Waals surface area contributed by atoms with Crippen molar-refractivity contribution in [3.63, 3.8) is 0 Å². The SMILES string of the molecule is CC(C)CCn1c(-c2ccc(N)cc2)nc2ccccc21. The molecule has 3 heteroatoms. The molecule has 0 amide bonds. The van der Waals surface area contributed by atoms with Crippen LogP contribution in [0.2, 0.25) is 0 Å². The number of nitrogens with zero attached hydrogens (tertiary/aromatic N) is 2. The Morgan fingerprint density at radius 1 is 1.05 bits per heavy atom. The summed E-state index contributed by atoms with van der Waals surface area (Å²) < 4.78 is 2.32. The predicted molar refractivity (Wildman–Crippen MR) is 89.0 cm³/mol. The highest BCUT2D eigenvalue weighted by molar-refractivity contribution is 5.80. The fraction of sp³-hybridized carbons (Fsp3) is 0.278. The van der Waals surface area contributed by atoms with E-state index < -0.39 is 0 Å². The lowest BCUT2D eigenvalue weighted by Gasteiger charge is -2.11. The molecule has 0 atom stereocenters. The van der Waals surface area contributed by atoms with Crippen LogP contribution < -0.4 is 5.73 Å². The van der Waals surface area contributed by atoms with Gasteiger partial charge in [0.15, 0.2) is 0 Å². The van der Waals surface area contributed by atoms with Gasteiger partial charge in [0, 0.05) is 17.8 Å². The second-order valence-electron chi connectivity index (χ2n) is 5.88. The average molecular weight is 279 g/mol. The Balaban J connectivity index is 2.11. The average Bonchev–Trinajstić information content (AvgIpc) is 2.84. The molecular weight excluding hydrogens is 258 g/mol. The van der Waals surface area contributed by atoms with E-state index >= 15 is 0 Å². The Hall–Kier alpha value is -2.29. The summed E-state index contributed by atoms with van der Waals surface area (Å²) in [5.74, 6) is 1.70. The van der Waals surface area contributed by atoms with Gasteiger partial charge in [-0.15, -0.1) is 0 Å². The van der Waals surface area contributed by atoms with Crippen molar-refractivity contribution in [1.82, 2.24) is 9.55 Å². The number of anilines is 1. The Morgan fingerprint density at radius 3 is 2.48 bits per heavy atom. The van der Waals surface area contributed by atoms with Gasteiger partial charge in [0.25, 0.3) is 0 Å². The van der Waals surface area contributed by atoms with Crippen molar-refractivity contribution >= 4 is 16.7 Å². The number of nitrogen functional groups attached to an aromatic ring is 1. The molecule has 2 aromatic carbocycles. The lowest BCUT2D eigenvalue weighted by molar-refractivity contribution is 0.525. The number of para-hydroxylation sites is 2. The second-order valence-corrected chi connectivity index (χ2v) is 5.88. The highest BCUT2D eigenvalue weighted by atomic mass is 15.1. The van der Waals surface area contributed by atoms with Gasteiger partial charge in [-0.25, -0.2) is 4.98 Å². The molecule has 2 N–H and O–H groups in total. The van der Waals surface area contributed by atoms with Gasteiger partial charge in [0.2, 0.25) is 0 Å². The minimum absolute atomic E-state index is 0.672. The summed E-state index contributed by atoms with van der Waals surface area (Å²) in [7, 11) is 0. The van der Waals surface area contributed by atoms with Gasteiger partial charge in [-0.05, 0) is 48.7 Å². The maximum Gasteiger partial charge on any atom is 0.141 e. The van der Waals surface area contributed by atoms with E-state index in [0.717, 1.165) is 35.6 Å². The van der Waals surface area contributed by atoms with E-state index in [-0.39, 0.29) is 0 Å². The normalized spacial score (nSPS) is 11.4. The number of nitrogens with two attached hydrogens (primary N) is 1. The third-order valence-electron chi connectivity index (χ3n) is 3.75. The summed E-state index contributed by atoms with van der Waals surface area (Å²) in [6, 6.07) is 16.3. The van der Waals surface area contributed by atoms with Crippen LogP contribution in [-0.4, -0.2) is 9.55 Å². The van der Waals surface area contributed by atoms with Gasteiger partial charge in [-0.1, -0.05) is 26.0 Å². The summed E-state index contributed by atoms with van der Waals surface area (Å²) in [6.07, 6.45) is 1.14. The van der Waals surface area contributed by atoms with E-state index in [4.69, 9.17) is 10.7 Å². The Morgan fingerprint density at radius 2 is 1.76 bits per heavy atom. The molecule has 3 aromatic rings. The Bertz CT molecular complexity index is 739. The van der Waals surface area contributed by atoms with Crippen LogP contribution in [0.15, 0.2) is 48.5 Å². The molecular formula is C18H21N3. The molecule has 0 saturated heterocycles. The number of aromatic nitrogens is 2. The lowest BCUT2D eigenvalue weighted by Crippen LogP contribution is -2.03. The van der Waals surface area contributed by atoms with E-state index in [0.29, 0.717) is 5.92 Å². The number of benzene rings is 2. The van der Waals surface area contributed by atoms with Crippen molar-refractivity contribution in [3.8, 4) is 11.4 Å². The zero-order valence-electron chi connectivity index (χ0n) is 12.6. The van der Waals surface area contributed by atoms with Gasteiger partial charge < -0.3 is 10.3 Å². The maximum absolute atomic E-state index is 5.79. The number of hydrogen-bond donors (Lipinski definition) is 1. The fourth-order valence-corrected chi connectivity index (χ4v) is 2.54. The van der Waals surface area contributed by atoms with Crippen molar-refractivity contribution in [3.05, 3.63) is 48.5 Å². The first-order chi connectivity index (χ1) is 10.1. The van der Waals surface area contributed by atoms with Crippen LogP contribution in [-0.2, 0) is 6.54 Å². The van der Waals surface area contributed by atoms with E-state index in [1.165, 1.54) is 5.52 Å². The number of aryl methyl sites for hydroxylation is 1. The second kappa shape index (κ2) is 5.60. The van der Waals surface area contributed by atoms with Gasteiger partial charge in [-0.3, -0.25) is 0 Å². The van der Waals surface area contributed by atoms with Crippen LogP contribution >= 0.6 is 0 Å². The molecule has 0 aliphatic rings. The van der Waals surface area contributed by atoms with E-state index in [9.17, 15) is 0 Å². The van der Waals surface area contributed by atoms with E-state index in [1.807, 2.05) is 30.3 Å². The molecule has 0 unspecified atom stereocenters. The maximum atomic E-state index is 5.79. The molecule has 0 spiro atoms. The topological polar surface area (TPSA) is 43.8 Å². The molecule has 3 nitrogen and oxygen atoms in total. The molecule has 0 bridgehead atoms. The van der Waals surface area contributed by atoms with Gasteiger partial charge in [0.05, 0.1) is 11.0 Å². The first-order valence-corrected chi connectivity index (χ1v) is 7.46. The molecule has 0 aliphatic heterocycles. The van der Waals surface area contributed by atoms with E-state index in [2.05, 4.69) is 36.6 Å². The highest BCUT2D eigenvalue weighted by Gasteiger charge is 2.12. The minimum Gasteiger partial charge on any atom is -0.399 e. The molecule has 108 valence electrons. The molecule has 0 fully saturated rings. The van der Waals surface area contributed by atoms with Crippen molar-refractivity contribution in [2.45, 2.75) is 26.8 Å². The van der Waals surface area contributed by atoms with Crippen LogP contribution in [0.4, 0.5) is 5.69 Å².